The van der Waals surface area contributed by atoms with Crippen LogP contribution in [0.3, 0.4) is 0 Å². The fourth-order valence-electron chi connectivity index (χ4n) is 4.51. The van der Waals surface area contributed by atoms with Gasteiger partial charge in [-0.15, -0.1) is 21.5 Å². The Morgan fingerprint density at radius 2 is 2.03 bits per heavy atom. The molecule has 7 nitrogen and oxygen atoms in total. The quantitative estimate of drug-likeness (QED) is 0.696. The lowest BCUT2D eigenvalue weighted by molar-refractivity contribution is -0.0906. The molecular weight excluding hydrogens is 400 g/mol. The molecule has 1 unspecified atom stereocenters. The van der Waals surface area contributed by atoms with Crippen molar-refractivity contribution >= 4 is 22.9 Å². The lowest BCUT2D eigenvalue weighted by atomic mass is 9.85. The summed E-state index contributed by atoms with van der Waals surface area (Å²) < 4.78 is 7.99. The Bertz CT molecular complexity index is 1080. The number of rotatable bonds is 3. The Morgan fingerprint density at radius 1 is 1.23 bits per heavy atom. The van der Waals surface area contributed by atoms with Gasteiger partial charge >= 0.3 is 0 Å². The van der Waals surface area contributed by atoms with Crippen molar-refractivity contribution in [3.05, 3.63) is 51.6 Å². The molecule has 1 N–H and O–H groups in total. The standard InChI is InChI=1S/C22H26N4O3S/c1-14(2)18(27)20-24-23-17-4-3-16(13-26(17)20)21(28)25-9-7-22(8-10-25)19-15(5-11-29-22)6-12-30-19/h3-4,6,12-14,18,27H,5,7-11H2,1-2H3. The summed E-state index contributed by atoms with van der Waals surface area (Å²) in [7, 11) is 0. The van der Waals surface area contributed by atoms with Crippen molar-refractivity contribution < 1.29 is 14.6 Å². The van der Waals surface area contributed by atoms with E-state index in [9.17, 15) is 9.90 Å². The smallest absolute Gasteiger partial charge is 0.255 e. The zero-order chi connectivity index (χ0) is 20.9. The number of piperidine rings is 1. The number of hydrogen-bond donors (Lipinski definition) is 1. The molecule has 5 rings (SSSR count). The van der Waals surface area contributed by atoms with Crippen molar-refractivity contribution in [3.8, 4) is 0 Å². The van der Waals surface area contributed by atoms with Crippen LogP contribution in [0, 0.1) is 5.92 Å². The zero-order valence-electron chi connectivity index (χ0n) is 17.2. The van der Waals surface area contributed by atoms with E-state index in [1.165, 1.54) is 10.4 Å². The molecule has 8 heteroatoms. The highest BCUT2D eigenvalue weighted by Gasteiger charge is 2.42. The third kappa shape index (κ3) is 3.14. The lowest BCUT2D eigenvalue weighted by Gasteiger charge is -2.43. The number of pyridine rings is 1. The molecule has 2 aliphatic rings. The number of amides is 1. The Kier molecular flexibility index (Phi) is 4.88. The predicted octanol–water partition coefficient (Wildman–Crippen LogP) is 3.18. The van der Waals surface area contributed by atoms with Crippen LogP contribution in [0.1, 0.15) is 59.4 Å². The average Bonchev–Trinajstić information content (AvgIpc) is 3.41. The van der Waals surface area contributed by atoms with E-state index < -0.39 is 6.10 Å². The molecule has 158 valence electrons. The first-order valence-corrected chi connectivity index (χ1v) is 11.4. The van der Waals surface area contributed by atoms with Gasteiger partial charge in [0.15, 0.2) is 11.5 Å². The van der Waals surface area contributed by atoms with Gasteiger partial charge in [0.1, 0.15) is 11.7 Å². The van der Waals surface area contributed by atoms with Crippen LogP contribution >= 0.6 is 11.3 Å². The van der Waals surface area contributed by atoms with E-state index in [1.807, 2.05) is 18.7 Å². The maximum atomic E-state index is 13.2. The molecular formula is C22H26N4O3S. The molecule has 0 aromatic carbocycles. The van der Waals surface area contributed by atoms with Crippen molar-refractivity contribution in [1.29, 1.82) is 0 Å². The summed E-state index contributed by atoms with van der Waals surface area (Å²) in [6.45, 7) is 5.94. The maximum Gasteiger partial charge on any atom is 0.255 e. The zero-order valence-corrected chi connectivity index (χ0v) is 18.1. The maximum absolute atomic E-state index is 13.2. The minimum absolute atomic E-state index is 0.00681. The van der Waals surface area contributed by atoms with Gasteiger partial charge in [0.05, 0.1) is 12.2 Å². The molecule has 0 saturated carbocycles. The summed E-state index contributed by atoms with van der Waals surface area (Å²) >= 11 is 1.78. The van der Waals surface area contributed by atoms with Crippen LogP contribution in [0.5, 0.6) is 0 Å². The van der Waals surface area contributed by atoms with Crippen molar-refractivity contribution in [2.24, 2.45) is 5.92 Å². The molecule has 30 heavy (non-hydrogen) atoms. The molecule has 5 heterocycles. The first-order valence-electron chi connectivity index (χ1n) is 10.5. The molecule has 3 aromatic heterocycles. The van der Waals surface area contributed by atoms with Gasteiger partial charge in [-0.25, -0.2) is 0 Å². The first kappa shape index (κ1) is 19.7. The summed E-state index contributed by atoms with van der Waals surface area (Å²) in [5, 5.41) is 20.8. The van der Waals surface area contributed by atoms with Crippen LogP contribution < -0.4 is 0 Å². The molecule has 1 amide bonds. The van der Waals surface area contributed by atoms with E-state index in [1.54, 1.807) is 34.1 Å². The average molecular weight is 427 g/mol. The fraction of sp³-hybridized carbons (Fsp3) is 0.500. The molecule has 0 radical (unpaired) electrons. The Morgan fingerprint density at radius 3 is 2.80 bits per heavy atom. The van der Waals surface area contributed by atoms with Gasteiger partial charge in [-0.05, 0) is 54.3 Å². The van der Waals surface area contributed by atoms with Crippen LogP contribution in [-0.4, -0.2) is 50.2 Å². The van der Waals surface area contributed by atoms with E-state index in [4.69, 9.17) is 4.74 Å². The summed E-state index contributed by atoms with van der Waals surface area (Å²) in [5.41, 5.74) is 2.38. The second-order valence-electron chi connectivity index (χ2n) is 8.55. The number of nitrogens with zero attached hydrogens (tertiary/aromatic N) is 4. The number of aromatic nitrogens is 3. The highest BCUT2D eigenvalue weighted by molar-refractivity contribution is 7.10. The number of carbonyl (C=O) groups excluding carboxylic acids is 1. The molecule has 3 aromatic rings. The molecule has 0 bridgehead atoms. The van der Waals surface area contributed by atoms with Gasteiger partial charge in [-0.3, -0.25) is 9.20 Å². The molecule has 0 aliphatic carbocycles. The number of hydrogen-bond acceptors (Lipinski definition) is 6. The molecule has 1 atom stereocenters. The third-order valence-electron chi connectivity index (χ3n) is 6.34. The highest BCUT2D eigenvalue weighted by Crippen LogP contribution is 2.44. The number of ether oxygens (including phenoxy) is 1. The van der Waals surface area contributed by atoms with Crippen molar-refractivity contribution in [2.75, 3.05) is 19.7 Å². The van der Waals surface area contributed by atoms with Crippen molar-refractivity contribution in [3.63, 3.8) is 0 Å². The van der Waals surface area contributed by atoms with Gasteiger partial charge < -0.3 is 14.7 Å². The Balaban J connectivity index is 1.36. The van der Waals surface area contributed by atoms with E-state index in [0.29, 0.717) is 30.1 Å². The molecule has 1 saturated heterocycles. The topological polar surface area (TPSA) is 80.0 Å². The molecule has 1 spiro atoms. The van der Waals surface area contributed by atoms with E-state index >= 15 is 0 Å². The van der Waals surface area contributed by atoms with E-state index in [2.05, 4.69) is 21.6 Å². The fourth-order valence-corrected chi connectivity index (χ4v) is 5.68. The van der Waals surface area contributed by atoms with Crippen LogP contribution in [-0.2, 0) is 16.8 Å². The van der Waals surface area contributed by atoms with E-state index in [0.717, 1.165) is 25.9 Å². The Labute approximate surface area is 179 Å². The predicted molar refractivity (Wildman–Crippen MR) is 114 cm³/mol. The van der Waals surface area contributed by atoms with Gasteiger partial charge in [0.25, 0.3) is 5.91 Å². The minimum atomic E-state index is -0.733. The minimum Gasteiger partial charge on any atom is -0.385 e. The summed E-state index contributed by atoms with van der Waals surface area (Å²) in [6, 6.07) is 5.78. The van der Waals surface area contributed by atoms with Crippen LogP contribution in [0.15, 0.2) is 29.8 Å². The number of aliphatic hydroxyl groups excluding tert-OH is 1. The van der Waals surface area contributed by atoms with Crippen molar-refractivity contribution in [2.45, 2.75) is 44.8 Å². The number of thiophene rings is 1. The second-order valence-corrected chi connectivity index (χ2v) is 9.47. The van der Waals surface area contributed by atoms with Gasteiger partial charge in [0, 0.05) is 24.2 Å². The van der Waals surface area contributed by atoms with Crippen LogP contribution in [0.2, 0.25) is 0 Å². The second kappa shape index (κ2) is 7.44. The summed E-state index contributed by atoms with van der Waals surface area (Å²) in [5.74, 6) is 0.466. The van der Waals surface area contributed by atoms with Crippen LogP contribution in [0.4, 0.5) is 0 Å². The highest BCUT2D eigenvalue weighted by atomic mass is 32.1. The van der Waals surface area contributed by atoms with Gasteiger partial charge in [-0.1, -0.05) is 13.8 Å². The number of carbonyl (C=O) groups is 1. The number of aliphatic hydroxyl groups is 1. The van der Waals surface area contributed by atoms with Crippen molar-refractivity contribution in [1.82, 2.24) is 19.5 Å². The Hall–Kier alpha value is -2.29. The summed E-state index contributed by atoms with van der Waals surface area (Å²) in [6.07, 6.45) is 3.63. The lowest BCUT2D eigenvalue weighted by Crippen LogP contribution is -2.47. The largest absolute Gasteiger partial charge is 0.385 e. The SMILES string of the molecule is CC(C)C(O)c1nnc2ccc(C(=O)N3CCC4(CC3)OCCc3ccsc34)cn12. The molecule has 2 aliphatic heterocycles. The summed E-state index contributed by atoms with van der Waals surface area (Å²) in [4.78, 5) is 16.5. The van der Waals surface area contributed by atoms with Gasteiger partial charge in [0.2, 0.25) is 0 Å². The van der Waals surface area contributed by atoms with Crippen LogP contribution in [0.25, 0.3) is 5.65 Å². The number of fused-ring (bicyclic) bond motifs is 3. The molecule has 1 fully saturated rings. The normalized spacial score (nSPS) is 19.4. The first-order chi connectivity index (χ1) is 14.5. The van der Waals surface area contributed by atoms with E-state index in [-0.39, 0.29) is 17.4 Å². The monoisotopic (exact) mass is 426 g/mol. The third-order valence-corrected chi connectivity index (χ3v) is 7.48. The van der Waals surface area contributed by atoms with Gasteiger partial charge in [-0.2, -0.15) is 0 Å². The number of likely N-dealkylation sites (tertiary alicyclic amines) is 1.